The molecule has 0 bridgehead atoms. The Balaban J connectivity index is 3.09. The largest absolute Gasteiger partial charge is 0.388 e. The van der Waals surface area contributed by atoms with Gasteiger partial charge in [0.1, 0.15) is 4.47 Å². The Kier molecular flexibility index (Phi) is 4.19. The van der Waals surface area contributed by atoms with Crippen LogP contribution in [0.25, 0.3) is 0 Å². The van der Waals surface area contributed by atoms with Crippen molar-refractivity contribution in [1.82, 2.24) is 0 Å². The van der Waals surface area contributed by atoms with E-state index in [1.807, 2.05) is 0 Å². The van der Waals surface area contributed by atoms with E-state index >= 15 is 0 Å². The summed E-state index contributed by atoms with van der Waals surface area (Å²) >= 11 is 3.11. The van der Waals surface area contributed by atoms with Crippen molar-refractivity contribution in [3.8, 4) is 0 Å². The van der Waals surface area contributed by atoms with E-state index in [1.165, 1.54) is 12.1 Å². The van der Waals surface area contributed by atoms with Crippen LogP contribution in [0.15, 0.2) is 22.7 Å². The minimum Gasteiger partial charge on any atom is -0.388 e. The van der Waals surface area contributed by atoms with E-state index in [9.17, 15) is 15.2 Å². The molecule has 1 rings (SSSR count). The summed E-state index contributed by atoms with van der Waals surface area (Å²) in [5.41, 5.74) is 5.75. The van der Waals surface area contributed by atoms with Crippen LogP contribution in [0.2, 0.25) is 0 Å². The summed E-state index contributed by atoms with van der Waals surface area (Å²) in [4.78, 5) is 10.1. The topological polar surface area (TPSA) is 89.4 Å². The van der Waals surface area contributed by atoms with E-state index in [0.29, 0.717) is 23.0 Å². The van der Waals surface area contributed by atoms with Gasteiger partial charge in [0.05, 0.1) is 11.0 Å². The molecule has 6 heteroatoms. The molecule has 0 aromatic heterocycles. The lowest BCUT2D eigenvalue weighted by Gasteiger charge is -2.11. The smallest absolute Gasteiger partial charge is 0.283 e. The average Bonchev–Trinajstić information content (AvgIpc) is 2.17. The van der Waals surface area contributed by atoms with Gasteiger partial charge in [0.2, 0.25) is 0 Å². The molecule has 1 aromatic rings. The average molecular weight is 275 g/mol. The van der Waals surface area contributed by atoms with Gasteiger partial charge >= 0.3 is 0 Å². The first-order valence-electron chi connectivity index (χ1n) is 4.39. The van der Waals surface area contributed by atoms with Crippen LogP contribution in [0.1, 0.15) is 18.1 Å². The molecule has 15 heavy (non-hydrogen) atoms. The standard InChI is InChI=1S/C9H11BrN2O3/c10-9-6(8(13)4-5-11)2-1-3-7(9)12(14)15/h1-3,8,13H,4-5,11H2. The van der Waals surface area contributed by atoms with Gasteiger partial charge in [-0.05, 0) is 28.9 Å². The second-order valence-electron chi connectivity index (χ2n) is 3.03. The van der Waals surface area contributed by atoms with Crippen LogP contribution < -0.4 is 5.73 Å². The normalized spacial score (nSPS) is 12.5. The van der Waals surface area contributed by atoms with Crippen LogP contribution in [0.4, 0.5) is 5.69 Å². The van der Waals surface area contributed by atoms with Crippen molar-refractivity contribution < 1.29 is 10.0 Å². The van der Waals surface area contributed by atoms with E-state index in [-0.39, 0.29) is 5.69 Å². The lowest BCUT2D eigenvalue weighted by atomic mass is 10.1. The second-order valence-corrected chi connectivity index (χ2v) is 3.82. The van der Waals surface area contributed by atoms with Crippen LogP contribution in [0, 0.1) is 10.1 Å². The molecule has 1 unspecified atom stereocenters. The molecule has 0 saturated heterocycles. The van der Waals surface area contributed by atoms with Crippen molar-refractivity contribution in [3.63, 3.8) is 0 Å². The number of nitro groups is 1. The van der Waals surface area contributed by atoms with Gasteiger partial charge in [0, 0.05) is 11.6 Å². The Labute approximate surface area is 95.2 Å². The highest BCUT2D eigenvalue weighted by molar-refractivity contribution is 9.10. The van der Waals surface area contributed by atoms with E-state index < -0.39 is 11.0 Å². The predicted octanol–water partition coefficient (Wildman–Crippen LogP) is 1.74. The monoisotopic (exact) mass is 274 g/mol. The molecular weight excluding hydrogens is 264 g/mol. The molecule has 0 fully saturated rings. The predicted molar refractivity (Wildman–Crippen MR) is 59.4 cm³/mol. The number of aliphatic hydroxyl groups is 1. The highest BCUT2D eigenvalue weighted by atomic mass is 79.9. The number of halogens is 1. The third-order valence-corrected chi connectivity index (χ3v) is 2.87. The van der Waals surface area contributed by atoms with Crippen molar-refractivity contribution in [2.45, 2.75) is 12.5 Å². The molecule has 0 aliphatic rings. The quantitative estimate of drug-likeness (QED) is 0.647. The van der Waals surface area contributed by atoms with Crippen LogP contribution >= 0.6 is 15.9 Å². The van der Waals surface area contributed by atoms with Crippen molar-refractivity contribution in [2.24, 2.45) is 5.73 Å². The van der Waals surface area contributed by atoms with Gasteiger partial charge in [-0.15, -0.1) is 0 Å². The molecule has 82 valence electrons. The van der Waals surface area contributed by atoms with Crippen molar-refractivity contribution in [3.05, 3.63) is 38.3 Å². The maximum atomic E-state index is 10.6. The lowest BCUT2D eigenvalue weighted by Crippen LogP contribution is -2.07. The zero-order valence-corrected chi connectivity index (χ0v) is 9.48. The fraction of sp³-hybridized carbons (Fsp3) is 0.333. The van der Waals surface area contributed by atoms with Crippen LogP contribution in [0.5, 0.6) is 0 Å². The van der Waals surface area contributed by atoms with Crippen molar-refractivity contribution in [2.75, 3.05) is 6.54 Å². The third-order valence-electron chi connectivity index (χ3n) is 2.00. The van der Waals surface area contributed by atoms with Gasteiger partial charge in [-0.1, -0.05) is 12.1 Å². The summed E-state index contributed by atoms with van der Waals surface area (Å²) in [5.74, 6) is 0. The zero-order chi connectivity index (χ0) is 11.4. The molecule has 0 saturated carbocycles. The summed E-state index contributed by atoms with van der Waals surface area (Å²) in [5, 5.41) is 20.3. The Morgan fingerprint density at radius 1 is 1.60 bits per heavy atom. The van der Waals surface area contributed by atoms with Crippen LogP contribution in [0.3, 0.4) is 0 Å². The molecule has 1 atom stereocenters. The maximum Gasteiger partial charge on any atom is 0.283 e. The van der Waals surface area contributed by atoms with E-state index in [2.05, 4.69) is 15.9 Å². The number of nitrogens with two attached hydrogens (primary N) is 1. The second kappa shape index (κ2) is 5.20. The van der Waals surface area contributed by atoms with Gasteiger partial charge in [-0.2, -0.15) is 0 Å². The lowest BCUT2D eigenvalue weighted by molar-refractivity contribution is -0.385. The van der Waals surface area contributed by atoms with Crippen molar-refractivity contribution >= 4 is 21.6 Å². The number of rotatable bonds is 4. The van der Waals surface area contributed by atoms with Crippen LogP contribution in [-0.4, -0.2) is 16.6 Å². The molecule has 0 spiro atoms. The Hall–Kier alpha value is -0.980. The highest BCUT2D eigenvalue weighted by Crippen LogP contribution is 2.32. The first kappa shape index (κ1) is 12.1. The third kappa shape index (κ3) is 2.74. The van der Waals surface area contributed by atoms with Gasteiger partial charge < -0.3 is 10.8 Å². The number of aliphatic hydroxyl groups excluding tert-OH is 1. The molecule has 1 aromatic carbocycles. The number of nitrogens with zero attached hydrogens (tertiary/aromatic N) is 1. The summed E-state index contributed by atoms with van der Waals surface area (Å²) in [6.45, 7) is 0.330. The molecule has 0 heterocycles. The number of hydrogen-bond donors (Lipinski definition) is 2. The van der Waals surface area contributed by atoms with Crippen LogP contribution in [-0.2, 0) is 0 Å². The number of benzene rings is 1. The Morgan fingerprint density at radius 2 is 2.27 bits per heavy atom. The molecule has 3 N–H and O–H groups in total. The molecule has 0 radical (unpaired) electrons. The minimum atomic E-state index is -0.774. The van der Waals surface area contributed by atoms with E-state index in [1.54, 1.807) is 6.07 Å². The van der Waals surface area contributed by atoms with Crippen molar-refractivity contribution in [1.29, 1.82) is 0 Å². The first-order chi connectivity index (χ1) is 7.07. The fourth-order valence-electron chi connectivity index (χ4n) is 1.25. The van der Waals surface area contributed by atoms with Gasteiger partial charge in [-0.3, -0.25) is 10.1 Å². The minimum absolute atomic E-state index is 0.0522. The van der Waals surface area contributed by atoms with E-state index in [4.69, 9.17) is 5.73 Å². The Bertz CT molecular complexity index is 370. The van der Waals surface area contributed by atoms with Gasteiger partial charge in [0.15, 0.2) is 0 Å². The number of nitro benzene ring substituents is 1. The van der Waals surface area contributed by atoms with Gasteiger partial charge in [-0.25, -0.2) is 0 Å². The summed E-state index contributed by atoms with van der Waals surface area (Å²) in [6, 6.07) is 4.55. The molecule has 0 aliphatic carbocycles. The maximum absolute atomic E-state index is 10.6. The molecule has 5 nitrogen and oxygen atoms in total. The summed E-state index contributed by atoms with van der Waals surface area (Å²) in [6.07, 6.45) is -0.399. The summed E-state index contributed by atoms with van der Waals surface area (Å²) in [7, 11) is 0. The SMILES string of the molecule is NCCC(O)c1cccc([N+](=O)[O-])c1Br. The van der Waals surface area contributed by atoms with Gasteiger partial charge in [0.25, 0.3) is 5.69 Å². The molecular formula is C9H11BrN2O3. The summed E-state index contributed by atoms with van der Waals surface area (Å²) < 4.78 is 0.316. The zero-order valence-electron chi connectivity index (χ0n) is 7.89. The molecule has 0 amide bonds. The highest BCUT2D eigenvalue weighted by Gasteiger charge is 2.18. The first-order valence-corrected chi connectivity index (χ1v) is 5.18. The number of hydrogen-bond acceptors (Lipinski definition) is 4. The van der Waals surface area contributed by atoms with E-state index in [0.717, 1.165) is 0 Å². The Morgan fingerprint density at radius 3 is 2.80 bits per heavy atom. The fourth-order valence-corrected chi connectivity index (χ4v) is 1.92. The molecule has 0 aliphatic heterocycles.